The Labute approximate surface area is 89.1 Å². The van der Waals surface area contributed by atoms with Crippen molar-refractivity contribution in [3.05, 3.63) is 25.3 Å². The predicted molar refractivity (Wildman–Crippen MR) is 56.9 cm³/mol. The van der Waals surface area contributed by atoms with Gasteiger partial charge in [0.1, 0.15) is 0 Å². The first-order valence-electron chi connectivity index (χ1n) is 4.43. The maximum atomic E-state index is 10.3. The predicted octanol–water partition coefficient (Wildman–Crippen LogP) is -0.248. The Morgan fingerprint density at radius 1 is 1.00 bits per heavy atom. The van der Waals surface area contributed by atoms with Crippen LogP contribution in [0.15, 0.2) is 25.3 Å². The summed E-state index contributed by atoms with van der Waals surface area (Å²) in [6, 6.07) is 0. The molecule has 86 valence electrons. The molecule has 0 spiro atoms. The number of carbonyl (C=O) groups excluding carboxylic acids is 2. The zero-order chi connectivity index (χ0) is 12.1. The molecule has 0 atom stereocenters. The van der Waals surface area contributed by atoms with Crippen molar-refractivity contribution >= 4 is 11.8 Å². The molecule has 0 fully saturated rings. The quantitative estimate of drug-likeness (QED) is 0.436. The van der Waals surface area contributed by atoms with Crippen molar-refractivity contribution in [2.45, 2.75) is 12.8 Å². The third kappa shape index (κ3) is 15.3. The summed E-state index contributed by atoms with van der Waals surface area (Å²) in [5, 5.41) is 18.1. The number of rotatable bonds is 5. The van der Waals surface area contributed by atoms with Crippen LogP contribution in [0.2, 0.25) is 0 Å². The highest BCUT2D eigenvalue weighted by atomic mass is 16.3. The first-order valence-corrected chi connectivity index (χ1v) is 4.43. The number of unbranched alkanes of at least 4 members (excludes halogenated alkanes) is 1. The minimum absolute atomic E-state index is 0.195. The lowest BCUT2D eigenvalue weighted by atomic mass is 10.3. The van der Waals surface area contributed by atoms with Crippen LogP contribution in [0.25, 0.3) is 0 Å². The van der Waals surface area contributed by atoms with Crippen LogP contribution in [-0.2, 0) is 9.59 Å². The molecule has 0 heterocycles. The van der Waals surface area contributed by atoms with Gasteiger partial charge >= 0.3 is 0 Å². The number of amides is 2. The highest BCUT2D eigenvalue weighted by Crippen LogP contribution is 1.80. The Hall–Kier alpha value is -1.46. The second-order valence-electron chi connectivity index (χ2n) is 2.42. The fourth-order valence-corrected chi connectivity index (χ4v) is 0.447. The summed E-state index contributed by atoms with van der Waals surface area (Å²) in [6.45, 7) is 6.69. The first kappa shape index (κ1) is 16.0. The summed E-state index contributed by atoms with van der Waals surface area (Å²) in [5.41, 5.74) is 0. The molecular weight excluding hydrogens is 198 g/mol. The van der Waals surface area contributed by atoms with Crippen LogP contribution >= 0.6 is 0 Å². The van der Waals surface area contributed by atoms with Crippen LogP contribution in [0, 0.1) is 0 Å². The average molecular weight is 215 g/mol. The fourth-order valence-electron chi connectivity index (χ4n) is 0.447. The monoisotopic (exact) mass is 215 g/mol. The Morgan fingerprint density at radius 3 is 1.53 bits per heavy atom. The maximum absolute atomic E-state index is 10.3. The van der Waals surface area contributed by atoms with E-state index in [9.17, 15) is 9.59 Å². The SMILES string of the molecule is C=CC(=O)NC(=O)C=C.OCCCCO. The van der Waals surface area contributed by atoms with E-state index in [1.807, 2.05) is 5.32 Å². The van der Waals surface area contributed by atoms with Crippen LogP contribution in [-0.4, -0.2) is 35.2 Å². The van der Waals surface area contributed by atoms with Crippen LogP contribution < -0.4 is 5.32 Å². The maximum Gasteiger partial charge on any atom is 0.250 e. The molecule has 0 saturated heterocycles. The molecule has 5 heteroatoms. The molecule has 5 nitrogen and oxygen atoms in total. The van der Waals surface area contributed by atoms with Crippen molar-refractivity contribution in [1.82, 2.24) is 5.32 Å². The van der Waals surface area contributed by atoms with Gasteiger partial charge in [0, 0.05) is 13.2 Å². The third-order valence-corrected chi connectivity index (χ3v) is 1.18. The molecule has 0 saturated carbocycles. The van der Waals surface area contributed by atoms with E-state index < -0.39 is 11.8 Å². The molecule has 0 bridgehead atoms. The van der Waals surface area contributed by atoms with Crippen LogP contribution in [0.1, 0.15) is 12.8 Å². The van der Waals surface area contributed by atoms with E-state index in [0.29, 0.717) is 0 Å². The Kier molecular flexibility index (Phi) is 13.4. The second-order valence-corrected chi connectivity index (χ2v) is 2.42. The number of hydrogen-bond donors (Lipinski definition) is 3. The number of nitrogens with one attached hydrogen (secondary N) is 1. The van der Waals surface area contributed by atoms with E-state index in [4.69, 9.17) is 10.2 Å². The number of imide groups is 1. The average Bonchev–Trinajstić information content (AvgIpc) is 2.26. The van der Waals surface area contributed by atoms with E-state index in [1.165, 1.54) is 0 Å². The van der Waals surface area contributed by atoms with Crippen molar-refractivity contribution in [2.75, 3.05) is 13.2 Å². The number of carbonyl (C=O) groups is 2. The van der Waals surface area contributed by atoms with Crippen LogP contribution in [0.5, 0.6) is 0 Å². The summed E-state index contributed by atoms with van der Waals surface area (Å²) in [5.74, 6) is -1.03. The lowest BCUT2D eigenvalue weighted by Gasteiger charge is -1.91. The zero-order valence-electron chi connectivity index (χ0n) is 8.61. The van der Waals surface area contributed by atoms with E-state index in [-0.39, 0.29) is 13.2 Å². The van der Waals surface area contributed by atoms with Gasteiger partial charge in [-0.2, -0.15) is 0 Å². The van der Waals surface area contributed by atoms with Crippen molar-refractivity contribution in [3.63, 3.8) is 0 Å². The topological polar surface area (TPSA) is 86.6 Å². The van der Waals surface area contributed by atoms with Crippen LogP contribution in [0.3, 0.4) is 0 Å². The van der Waals surface area contributed by atoms with Crippen LogP contribution in [0.4, 0.5) is 0 Å². The van der Waals surface area contributed by atoms with Gasteiger partial charge in [-0.25, -0.2) is 0 Å². The van der Waals surface area contributed by atoms with Gasteiger partial charge in [0.2, 0.25) is 11.8 Å². The molecule has 0 aliphatic carbocycles. The molecule has 2 amide bonds. The summed E-state index contributed by atoms with van der Waals surface area (Å²) in [7, 11) is 0. The number of aliphatic hydroxyl groups is 2. The van der Waals surface area contributed by atoms with Gasteiger partial charge < -0.3 is 10.2 Å². The fraction of sp³-hybridized carbons (Fsp3) is 0.400. The standard InChI is InChI=1S/C6H7NO2.C4H10O2/c1-3-5(8)7-6(9)4-2;5-3-1-2-4-6/h3-4H,1-2H2,(H,7,8,9);5-6H,1-4H2. The Balaban J connectivity index is 0. The van der Waals surface area contributed by atoms with Gasteiger partial charge in [-0.15, -0.1) is 0 Å². The molecule has 0 aromatic rings. The van der Waals surface area contributed by atoms with Gasteiger partial charge in [-0.05, 0) is 25.0 Å². The van der Waals surface area contributed by atoms with Gasteiger partial charge in [-0.3, -0.25) is 14.9 Å². The van der Waals surface area contributed by atoms with E-state index in [1.54, 1.807) is 0 Å². The smallest absolute Gasteiger partial charge is 0.250 e. The minimum Gasteiger partial charge on any atom is -0.396 e. The van der Waals surface area contributed by atoms with Crippen molar-refractivity contribution in [2.24, 2.45) is 0 Å². The normalized spacial score (nSPS) is 8.13. The molecule has 0 rings (SSSR count). The number of aliphatic hydroxyl groups excluding tert-OH is 2. The first-order chi connectivity index (χ1) is 7.12. The summed E-state index contributed by atoms with van der Waals surface area (Å²) < 4.78 is 0. The molecule has 3 N–H and O–H groups in total. The highest BCUT2D eigenvalue weighted by molar-refractivity contribution is 6.04. The summed E-state index contributed by atoms with van der Waals surface area (Å²) >= 11 is 0. The van der Waals surface area contributed by atoms with E-state index >= 15 is 0 Å². The van der Waals surface area contributed by atoms with Crippen molar-refractivity contribution in [3.8, 4) is 0 Å². The third-order valence-electron chi connectivity index (χ3n) is 1.18. The molecular formula is C10H17NO4. The van der Waals surface area contributed by atoms with Gasteiger partial charge in [0.15, 0.2) is 0 Å². The molecule has 0 radical (unpaired) electrons. The molecule has 15 heavy (non-hydrogen) atoms. The molecule has 0 aromatic carbocycles. The molecule has 0 aliphatic rings. The van der Waals surface area contributed by atoms with Crippen molar-refractivity contribution in [1.29, 1.82) is 0 Å². The second kappa shape index (κ2) is 12.5. The van der Waals surface area contributed by atoms with E-state index in [0.717, 1.165) is 25.0 Å². The Bertz CT molecular complexity index is 191. The Morgan fingerprint density at radius 2 is 1.33 bits per heavy atom. The van der Waals surface area contributed by atoms with Crippen molar-refractivity contribution < 1.29 is 19.8 Å². The van der Waals surface area contributed by atoms with Gasteiger partial charge in [0.05, 0.1) is 0 Å². The number of hydrogen-bond acceptors (Lipinski definition) is 4. The molecule has 0 aliphatic heterocycles. The highest BCUT2D eigenvalue weighted by Gasteiger charge is 1.96. The van der Waals surface area contributed by atoms with E-state index in [2.05, 4.69) is 13.2 Å². The van der Waals surface area contributed by atoms with Gasteiger partial charge in [-0.1, -0.05) is 13.2 Å². The molecule has 0 unspecified atom stereocenters. The summed E-state index contributed by atoms with van der Waals surface area (Å²) in [6.07, 6.45) is 3.47. The largest absolute Gasteiger partial charge is 0.396 e. The van der Waals surface area contributed by atoms with Gasteiger partial charge in [0.25, 0.3) is 0 Å². The summed E-state index contributed by atoms with van der Waals surface area (Å²) in [4.78, 5) is 20.6. The lowest BCUT2D eigenvalue weighted by Crippen LogP contribution is -2.26. The zero-order valence-corrected chi connectivity index (χ0v) is 8.61. The lowest BCUT2D eigenvalue weighted by molar-refractivity contribution is -0.125. The molecule has 0 aromatic heterocycles. The minimum atomic E-state index is -0.514.